The van der Waals surface area contributed by atoms with Gasteiger partial charge in [0.25, 0.3) is 5.91 Å². The maximum absolute atomic E-state index is 12.6. The Balaban J connectivity index is 1.83. The van der Waals surface area contributed by atoms with E-state index in [4.69, 9.17) is 5.73 Å². The highest BCUT2D eigenvalue weighted by molar-refractivity contribution is 5.97. The van der Waals surface area contributed by atoms with E-state index in [2.05, 4.69) is 22.2 Å². The first-order valence-electron chi connectivity index (χ1n) is 7.60. The fourth-order valence-electron chi connectivity index (χ4n) is 3.33. The van der Waals surface area contributed by atoms with Crippen molar-refractivity contribution in [2.75, 3.05) is 6.54 Å². The van der Waals surface area contributed by atoms with Gasteiger partial charge in [-0.3, -0.25) is 4.79 Å². The van der Waals surface area contributed by atoms with E-state index in [1.54, 1.807) is 6.33 Å². The molecule has 2 atom stereocenters. The van der Waals surface area contributed by atoms with Gasteiger partial charge in [0.05, 0.1) is 22.9 Å². The van der Waals surface area contributed by atoms with Crippen LogP contribution in [0, 0.1) is 5.92 Å². The molecule has 5 nitrogen and oxygen atoms in total. The van der Waals surface area contributed by atoms with Gasteiger partial charge in [0.2, 0.25) is 0 Å². The molecule has 5 heteroatoms. The number of nitrogens with one attached hydrogen (secondary N) is 2. The fraction of sp³-hybridized carbons (Fsp3) is 0.500. The summed E-state index contributed by atoms with van der Waals surface area (Å²) in [6.45, 7) is 2.68. The number of carbonyl (C=O) groups excluding carboxylic acids is 1. The Labute approximate surface area is 124 Å². The molecule has 1 amide bonds. The lowest BCUT2D eigenvalue weighted by Gasteiger charge is -2.42. The van der Waals surface area contributed by atoms with Crippen LogP contribution >= 0.6 is 0 Å². The maximum atomic E-state index is 12.6. The van der Waals surface area contributed by atoms with Crippen LogP contribution in [0.3, 0.4) is 0 Å². The first kappa shape index (κ1) is 14.1. The molecule has 0 spiro atoms. The van der Waals surface area contributed by atoms with Gasteiger partial charge in [-0.1, -0.05) is 19.8 Å². The van der Waals surface area contributed by atoms with Crippen molar-refractivity contribution in [2.45, 2.75) is 38.1 Å². The summed E-state index contributed by atoms with van der Waals surface area (Å²) >= 11 is 0. The minimum Gasteiger partial charge on any atom is -0.345 e. The van der Waals surface area contributed by atoms with Crippen LogP contribution in [0.2, 0.25) is 0 Å². The van der Waals surface area contributed by atoms with Crippen LogP contribution in [-0.2, 0) is 0 Å². The highest BCUT2D eigenvalue weighted by Crippen LogP contribution is 2.33. The topological polar surface area (TPSA) is 83.8 Å². The zero-order chi connectivity index (χ0) is 14.9. The largest absolute Gasteiger partial charge is 0.345 e. The number of aromatic nitrogens is 2. The van der Waals surface area contributed by atoms with Gasteiger partial charge in [0.15, 0.2) is 0 Å². The summed E-state index contributed by atoms with van der Waals surface area (Å²) in [6, 6.07) is 5.52. The van der Waals surface area contributed by atoms with Gasteiger partial charge >= 0.3 is 0 Å². The predicted molar refractivity (Wildman–Crippen MR) is 83.0 cm³/mol. The number of hydrogen-bond donors (Lipinski definition) is 3. The summed E-state index contributed by atoms with van der Waals surface area (Å²) in [6.07, 6.45) is 6.07. The number of rotatable bonds is 3. The van der Waals surface area contributed by atoms with Gasteiger partial charge in [-0.2, -0.15) is 0 Å². The molecule has 21 heavy (non-hydrogen) atoms. The summed E-state index contributed by atoms with van der Waals surface area (Å²) in [5, 5.41) is 3.21. The van der Waals surface area contributed by atoms with Gasteiger partial charge in [-0.25, -0.2) is 4.98 Å². The third kappa shape index (κ3) is 2.53. The number of amides is 1. The van der Waals surface area contributed by atoms with E-state index in [-0.39, 0.29) is 11.4 Å². The van der Waals surface area contributed by atoms with Crippen molar-refractivity contribution in [2.24, 2.45) is 11.7 Å². The minimum absolute atomic E-state index is 0.0503. The quantitative estimate of drug-likeness (QED) is 0.808. The van der Waals surface area contributed by atoms with Crippen molar-refractivity contribution in [3.8, 4) is 0 Å². The number of imidazole rings is 1. The third-order valence-corrected chi connectivity index (χ3v) is 4.86. The number of benzene rings is 1. The molecular weight excluding hydrogens is 264 g/mol. The highest BCUT2D eigenvalue weighted by atomic mass is 16.1. The Morgan fingerprint density at radius 1 is 1.52 bits per heavy atom. The molecule has 0 radical (unpaired) electrons. The molecule has 0 bridgehead atoms. The second-order valence-corrected chi connectivity index (χ2v) is 6.10. The average Bonchev–Trinajstić information content (AvgIpc) is 2.97. The fourth-order valence-corrected chi connectivity index (χ4v) is 3.33. The number of aromatic amines is 1. The van der Waals surface area contributed by atoms with Crippen LogP contribution < -0.4 is 11.1 Å². The zero-order valence-corrected chi connectivity index (χ0v) is 12.4. The zero-order valence-electron chi connectivity index (χ0n) is 12.4. The Morgan fingerprint density at radius 2 is 2.38 bits per heavy atom. The van der Waals surface area contributed by atoms with Crippen LogP contribution in [0.4, 0.5) is 0 Å². The van der Waals surface area contributed by atoms with Crippen molar-refractivity contribution in [3.05, 3.63) is 30.1 Å². The standard InChI is InChI=1S/C16H22N4O/c1-11-4-2-3-7-16(11,9-17)20-15(21)12-5-6-13-14(8-12)19-10-18-13/h5-6,8,10-11H,2-4,7,9,17H2,1H3,(H,18,19)(H,20,21). The monoisotopic (exact) mass is 286 g/mol. The van der Waals surface area contributed by atoms with E-state index in [1.807, 2.05) is 18.2 Å². The highest BCUT2D eigenvalue weighted by Gasteiger charge is 2.38. The molecular formula is C16H22N4O. The number of fused-ring (bicyclic) bond motifs is 1. The number of nitrogens with two attached hydrogens (primary N) is 1. The van der Waals surface area contributed by atoms with Crippen LogP contribution in [0.25, 0.3) is 11.0 Å². The molecule has 1 aliphatic carbocycles. The summed E-state index contributed by atoms with van der Waals surface area (Å²) in [5.74, 6) is 0.363. The third-order valence-electron chi connectivity index (χ3n) is 4.86. The van der Waals surface area contributed by atoms with Crippen LogP contribution in [0.5, 0.6) is 0 Å². The van der Waals surface area contributed by atoms with Crippen LogP contribution in [0.15, 0.2) is 24.5 Å². The molecule has 2 unspecified atom stereocenters. The van der Waals surface area contributed by atoms with Crippen molar-refractivity contribution in [3.63, 3.8) is 0 Å². The Kier molecular flexibility index (Phi) is 3.68. The molecule has 1 heterocycles. The summed E-state index contributed by atoms with van der Waals surface area (Å²) in [4.78, 5) is 19.8. The number of carbonyl (C=O) groups is 1. The normalized spacial score (nSPS) is 25.9. The molecule has 4 N–H and O–H groups in total. The van der Waals surface area contributed by atoms with Crippen molar-refractivity contribution < 1.29 is 4.79 Å². The van der Waals surface area contributed by atoms with Crippen LogP contribution in [-0.4, -0.2) is 28.0 Å². The van der Waals surface area contributed by atoms with Crippen LogP contribution in [0.1, 0.15) is 43.0 Å². The number of nitrogens with zero attached hydrogens (tertiary/aromatic N) is 1. The maximum Gasteiger partial charge on any atom is 0.251 e. The van der Waals surface area contributed by atoms with Gasteiger partial charge in [0, 0.05) is 12.1 Å². The summed E-state index contributed by atoms with van der Waals surface area (Å²) in [5.41, 5.74) is 8.13. The first-order valence-corrected chi connectivity index (χ1v) is 7.60. The van der Waals surface area contributed by atoms with Gasteiger partial charge in [0.1, 0.15) is 0 Å². The molecule has 1 aromatic carbocycles. The molecule has 0 aliphatic heterocycles. The molecule has 0 saturated heterocycles. The second-order valence-electron chi connectivity index (χ2n) is 6.10. The molecule has 1 aromatic heterocycles. The van der Waals surface area contributed by atoms with E-state index < -0.39 is 0 Å². The lowest BCUT2D eigenvalue weighted by molar-refractivity contribution is 0.0813. The number of hydrogen-bond acceptors (Lipinski definition) is 3. The molecule has 2 aromatic rings. The van der Waals surface area contributed by atoms with Gasteiger partial charge in [-0.15, -0.1) is 0 Å². The van der Waals surface area contributed by atoms with Crippen molar-refractivity contribution in [1.29, 1.82) is 0 Å². The first-order chi connectivity index (χ1) is 10.1. The molecule has 3 rings (SSSR count). The van der Waals surface area contributed by atoms with Gasteiger partial charge < -0.3 is 16.0 Å². The average molecular weight is 286 g/mol. The van der Waals surface area contributed by atoms with E-state index in [0.29, 0.717) is 18.0 Å². The summed E-state index contributed by atoms with van der Waals surface area (Å²) < 4.78 is 0. The van der Waals surface area contributed by atoms with E-state index in [1.165, 1.54) is 6.42 Å². The smallest absolute Gasteiger partial charge is 0.251 e. The SMILES string of the molecule is CC1CCCCC1(CN)NC(=O)c1ccc2nc[nH]c2c1. The lowest BCUT2D eigenvalue weighted by Crippen LogP contribution is -2.59. The Morgan fingerprint density at radius 3 is 3.14 bits per heavy atom. The van der Waals surface area contributed by atoms with E-state index >= 15 is 0 Å². The van der Waals surface area contributed by atoms with E-state index in [0.717, 1.165) is 30.3 Å². The summed E-state index contributed by atoms with van der Waals surface area (Å²) in [7, 11) is 0. The Bertz CT molecular complexity index is 651. The molecule has 1 saturated carbocycles. The second kappa shape index (κ2) is 5.48. The van der Waals surface area contributed by atoms with E-state index in [9.17, 15) is 4.79 Å². The van der Waals surface area contributed by atoms with Gasteiger partial charge in [-0.05, 0) is 37.0 Å². The molecule has 1 fully saturated rings. The Hall–Kier alpha value is -1.88. The van der Waals surface area contributed by atoms with Crippen molar-refractivity contribution in [1.82, 2.24) is 15.3 Å². The molecule has 1 aliphatic rings. The lowest BCUT2D eigenvalue weighted by atomic mass is 9.73. The number of H-pyrrole nitrogens is 1. The predicted octanol–water partition coefficient (Wildman–Crippen LogP) is 2.20. The minimum atomic E-state index is -0.266. The molecule has 112 valence electrons. The van der Waals surface area contributed by atoms with Crippen molar-refractivity contribution >= 4 is 16.9 Å².